The number of hydrogen-bond acceptors (Lipinski definition) is 18. The highest BCUT2D eigenvalue weighted by molar-refractivity contribution is 7.80. The van der Waals surface area contributed by atoms with E-state index in [0.717, 1.165) is 12.8 Å². The molecule has 21 nitrogen and oxygen atoms in total. The molecule has 0 aromatic rings. The quantitative estimate of drug-likeness (QED) is 0.00986. The molecule has 16 unspecified atom stereocenters. The molecule has 0 aliphatic rings. The largest absolute Gasteiger partial charge is 0.397 e. The van der Waals surface area contributed by atoms with Crippen LogP contribution in [-0.2, 0) is 24.2 Å². The summed E-state index contributed by atoms with van der Waals surface area (Å²) in [6.07, 6.45) is 26.5. The van der Waals surface area contributed by atoms with Crippen molar-refractivity contribution in [1.82, 2.24) is 5.32 Å². The zero-order valence-corrected chi connectivity index (χ0v) is 51.4. The fourth-order valence-corrected chi connectivity index (χ4v) is 8.83. The minimum absolute atomic E-state index is 0.000467. The molecule has 0 radical (unpaired) electrons. The van der Waals surface area contributed by atoms with Crippen molar-refractivity contribution >= 4 is 28.0 Å². The first-order valence-corrected chi connectivity index (χ1v) is 30.7. The number of hydrogen-bond donors (Lipinski definition) is 15. The summed E-state index contributed by atoms with van der Waals surface area (Å²) in [6, 6.07) is -0.721. The number of Topliss-reactive ketones (excluding diaryl/α,β-unsaturated/α-hetero) is 1. The lowest BCUT2D eigenvalue weighted by Crippen LogP contribution is -2.48. The van der Waals surface area contributed by atoms with Crippen LogP contribution < -0.4 is 16.8 Å². The average Bonchev–Trinajstić information content (AvgIpc) is 3.51. The summed E-state index contributed by atoms with van der Waals surface area (Å²) in [4.78, 5) is 29.1. The number of carbonyl (C=O) groups is 2. The maximum Gasteiger partial charge on any atom is 0.397 e. The molecule has 0 spiro atoms. The number of nitrogens with zero attached hydrogens (tertiary/aromatic N) is 1. The van der Waals surface area contributed by atoms with Gasteiger partial charge < -0.3 is 67.6 Å². The smallest absolute Gasteiger partial charge is 0.393 e. The minimum Gasteiger partial charge on any atom is -0.393 e. The number of rotatable bonds is 46. The van der Waals surface area contributed by atoms with Crippen LogP contribution in [0, 0.1) is 23.7 Å². The molecule has 0 aliphatic carbocycles. The van der Waals surface area contributed by atoms with Crippen molar-refractivity contribution in [3.8, 4) is 0 Å². The number of amides is 1. The Balaban J connectivity index is 4.75. The van der Waals surface area contributed by atoms with Gasteiger partial charge >= 0.3 is 10.4 Å². The zero-order valence-electron chi connectivity index (χ0n) is 50.5. The van der Waals surface area contributed by atoms with E-state index in [2.05, 4.69) is 16.4 Å². The van der Waals surface area contributed by atoms with E-state index < -0.39 is 114 Å². The highest BCUT2D eigenvalue weighted by Gasteiger charge is 2.30. The molecule has 0 saturated carbocycles. The molecule has 484 valence electrons. The fourth-order valence-electron chi connectivity index (χ4n) is 8.27. The van der Waals surface area contributed by atoms with Gasteiger partial charge in [-0.3, -0.25) is 24.5 Å². The molecular formula is C63H104N4O17S. The molecule has 1 amide bonds. The second-order valence-corrected chi connectivity index (χ2v) is 22.9. The number of aliphatic hydroxyl groups excluding tert-OH is 11. The van der Waals surface area contributed by atoms with Crippen molar-refractivity contribution in [2.75, 3.05) is 6.54 Å². The maximum absolute atomic E-state index is 13.1. The lowest BCUT2D eigenvalue weighted by atomic mass is 9.88. The SMILES string of the molecule is C/C=C/CC/C=C/C(C)C(O)C(C)C(O)/C=C/C=C/C=C/C=C/C=C/C=C/CC(OS(=O)(=O)O)C(C)C(=O)CC(O)CC(O)/C=C/CC(O)CC(O)CC(O)/C=C/CC(O)CC(O)/C=C/CC(O)CC(O)CCCN=C(N)NC(=O)C(N)C(C)C. The molecule has 0 saturated heterocycles. The summed E-state index contributed by atoms with van der Waals surface area (Å²) in [6.45, 7) is 11.0. The van der Waals surface area contributed by atoms with Crippen molar-refractivity contribution < 1.29 is 82.9 Å². The first-order valence-electron chi connectivity index (χ1n) is 29.4. The van der Waals surface area contributed by atoms with Gasteiger partial charge in [0, 0.05) is 50.0 Å². The van der Waals surface area contributed by atoms with E-state index in [0.29, 0.717) is 12.8 Å². The summed E-state index contributed by atoms with van der Waals surface area (Å²) < 4.78 is 37.4. The highest BCUT2D eigenvalue weighted by atomic mass is 32.3. The third-order valence-corrected chi connectivity index (χ3v) is 14.0. The van der Waals surface area contributed by atoms with Crippen LogP contribution in [0.25, 0.3) is 0 Å². The van der Waals surface area contributed by atoms with Gasteiger partial charge in [0.05, 0.1) is 79.3 Å². The van der Waals surface area contributed by atoms with Gasteiger partial charge in [0.2, 0.25) is 5.91 Å². The van der Waals surface area contributed by atoms with Crippen molar-refractivity contribution in [2.24, 2.45) is 40.1 Å². The lowest BCUT2D eigenvalue weighted by Gasteiger charge is -2.25. The first kappa shape index (κ1) is 80.1. The van der Waals surface area contributed by atoms with Crippen molar-refractivity contribution in [2.45, 2.75) is 211 Å². The highest BCUT2D eigenvalue weighted by Crippen LogP contribution is 2.21. The lowest BCUT2D eigenvalue weighted by molar-refractivity contribution is -0.127. The van der Waals surface area contributed by atoms with Crippen LogP contribution in [-0.4, -0.2) is 173 Å². The van der Waals surface area contributed by atoms with Gasteiger partial charge in [-0.05, 0) is 77.0 Å². The Kier molecular flexibility index (Phi) is 44.5. The molecule has 0 rings (SSSR count). The maximum atomic E-state index is 13.1. The van der Waals surface area contributed by atoms with Crippen LogP contribution in [0.3, 0.4) is 0 Å². The molecule has 0 aromatic heterocycles. The van der Waals surface area contributed by atoms with Crippen molar-refractivity contribution in [3.05, 3.63) is 134 Å². The summed E-state index contributed by atoms with van der Waals surface area (Å²) >= 11 is 0. The molecule has 17 N–H and O–H groups in total. The Morgan fingerprint density at radius 2 is 1.04 bits per heavy atom. The van der Waals surface area contributed by atoms with E-state index in [9.17, 15) is 78.7 Å². The number of guanidine groups is 1. The standard InChI is InChI=1S/C63H104N4O17S/c1-7-8-9-17-20-27-45(4)61(79)47(6)57(77)35-21-18-15-13-11-10-12-14-16-19-22-36-59(84-85(81,82)83)46(5)58(78)43-56(76)42-53(73)33-25-32-52(72)41-55(75)40-51(71)31-24-30-49(69)38-48(68)28-23-29-50(70)39-54(74)34-26-37-66-63(65)67-62(80)60(64)44(2)3/h7-8,10-16,18-25,27-28,31,33,35,44-57,59-61,68-77,79H,9,17,26,29-30,32,34,36-43,64H2,1-6H3,(H,81,82,83)(H3,65,66,67,80)/b8-7+,12-10+,13-11+,16-14+,18-15+,22-19+,27-20+,28-23+,31-24+,33-25+,35-21+. The molecule has 85 heavy (non-hydrogen) atoms. The van der Waals surface area contributed by atoms with E-state index in [1.807, 2.05) is 32.1 Å². The molecule has 0 heterocycles. The van der Waals surface area contributed by atoms with Crippen LogP contribution in [0.15, 0.2) is 139 Å². The van der Waals surface area contributed by atoms with E-state index in [-0.39, 0.29) is 88.0 Å². The predicted octanol–water partition coefficient (Wildman–Crippen LogP) is 4.64. The van der Waals surface area contributed by atoms with Crippen LogP contribution in [0.2, 0.25) is 0 Å². The van der Waals surface area contributed by atoms with Gasteiger partial charge in [-0.2, -0.15) is 8.42 Å². The Bertz CT molecular complexity index is 2310. The van der Waals surface area contributed by atoms with E-state index in [1.165, 1.54) is 37.3 Å². The number of aliphatic imine (C=N–C) groups is 1. The topological polar surface area (TPSA) is 397 Å². The van der Waals surface area contributed by atoms with E-state index in [4.69, 9.17) is 15.7 Å². The number of carbonyl (C=O) groups excluding carboxylic acids is 2. The second-order valence-electron chi connectivity index (χ2n) is 21.8. The van der Waals surface area contributed by atoms with Gasteiger partial charge in [-0.1, -0.05) is 168 Å². The van der Waals surface area contributed by atoms with Crippen LogP contribution >= 0.6 is 0 Å². The van der Waals surface area contributed by atoms with Crippen molar-refractivity contribution in [1.29, 1.82) is 0 Å². The Hall–Kier alpha value is -4.86. The fraction of sp³-hybridized carbons (Fsp3) is 0.603. The van der Waals surface area contributed by atoms with Gasteiger partial charge in [0.25, 0.3) is 0 Å². The summed E-state index contributed by atoms with van der Waals surface area (Å²) in [7, 11) is -4.95. The molecule has 0 bridgehead atoms. The van der Waals surface area contributed by atoms with Crippen LogP contribution in [0.5, 0.6) is 0 Å². The zero-order chi connectivity index (χ0) is 64.3. The van der Waals surface area contributed by atoms with E-state index >= 15 is 0 Å². The third kappa shape index (κ3) is 43.4. The number of allylic oxidation sites excluding steroid dienone is 13. The molecule has 16 atom stereocenters. The summed E-state index contributed by atoms with van der Waals surface area (Å²) in [5, 5.41) is 117. The minimum atomic E-state index is -4.95. The van der Waals surface area contributed by atoms with Gasteiger partial charge in [0.1, 0.15) is 5.78 Å². The van der Waals surface area contributed by atoms with Crippen LogP contribution in [0.1, 0.15) is 131 Å². The Morgan fingerprint density at radius 3 is 1.55 bits per heavy atom. The number of unbranched alkanes of at least 4 members (excludes halogenated alkanes) is 1. The molecule has 0 aliphatic heterocycles. The predicted molar refractivity (Wildman–Crippen MR) is 333 cm³/mol. The summed E-state index contributed by atoms with van der Waals surface area (Å²) in [5.41, 5.74) is 11.5. The average molecular weight is 1220 g/mol. The van der Waals surface area contributed by atoms with Gasteiger partial charge in [-0.15, -0.1) is 0 Å². The van der Waals surface area contributed by atoms with Crippen LogP contribution in [0.4, 0.5) is 0 Å². The molecular weight excluding hydrogens is 1120 g/mol. The Morgan fingerprint density at radius 1 is 0.565 bits per heavy atom. The van der Waals surface area contributed by atoms with Crippen molar-refractivity contribution in [3.63, 3.8) is 0 Å². The third-order valence-electron chi connectivity index (χ3n) is 13.5. The van der Waals surface area contributed by atoms with E-state index in [1.54, 1.807) is 99.8 Å². The summed E-state index contributed by atoms with van der Waals surface area (Å²) in [5.74, 6) is -2.71. The number of aliphatic hydroxyl groups is 11. The normalized spacial score (nSPS) is 19.4. The first-order chi connectivity index (χ1) is 40.1. The molecule has 0 fully saturated rings. The second kappa shape index (κ2) is 47.2. The number of nitrogens with two attached hydrogens (primary N) is 2. The number of nitrogens with one attached hydrogen (secondary N) is 1. The number of ketones is 1. The van der Waals surface area contributed by atoms with Gasteiger partial charge in [0.15, 0.2) is 5.96 Å². The Labute approximate surface area is 505 Å². The molecule has 0 aromatic carbocycles. The van der Waals surface area contributed by atoms with Gasteiger partial charge in [-0.25, -0.2) is 4.18 Å². The molecule has 22 heteroatoms. The monoisotopic (exact) mass is 1220 g/mol.